The second-order valence-corrected chi connectivity index (χ2v) is 5.28. The molecule has 3 nitrogen and oxygen atoms in total. The lowest BCUT2D eigenvalue weighted by atomic mass is 9.84. The second-order valence-electron chi connectivity index (χ2n) is 4.43. The minimum atomic E-state index is -0.391. The van der Waals surface area contributed by atoms with Crippen LogP contribution in [-0.2, 0) is 5.41 Å². The third-order valence-corrected chi connectivity index (χ3v) is 3.31. The van der Waals surface area contributed by atoms with E-state index in [-0.39, 0.29) is 6.61 Å². The smallest absolute Gasteiger partial charge is 0.166 e. The number of halogens is 1. The van der Waals surface area contributed by atoms with Gasteiger partial charge in [0, 0.05) is 15.5 Å². The highest BCUT2D eigenvalue weighted by atomic mass is 79.9. The Hall–Kier alpha value is -0.740. The normalized spacial score (nSPS) is 11.4. The van der Waals surface area contributed by atoms with Crippen LogP contribution in [0.1, 0.15) is 26.3 Å². The molecule has 0 unspecified atom stereocenters. The highest BCUT2D eigenvalue weighted by molar-refractivity contribution is 9.10. The number of benzene rings is 1. The van der Waals surface area contributed by atoms with Crippen molar-refractivity contribution in [1.82, 2.24) is 0 Å². The average Bonchev–Trinajstić information content (AvgIpc) is 2.29. The molecule has 0 aliphatic carbocycles. The average molecular weight is 303 g/mol. The SMILES string of the molecule is CCOc1c(OC)ccc(Br)c1C(C)(C)CO. The standard InChI is InChI=1S/C13H19BrO3/c1-5-17-12-10(16-4)7-6-9(14)11(12)13(2,3)8-15/h6-7,15H,5,8H2,1-4H3. The first-order valence-corrected chi connectivity index (χ1v) is 6.37. The number of methoxy groups -OCH3 is 1. The summed E-state index contributed by atoms with van der Waals surface area (Å²) in [5.41, 5.74) is 0.541. The first-order valence-electron chi connectivity index (χ1n) is 5.58. The molecule has 1 rings (SSSR count). The molecule has 1 aromatic carbocycles. The summed E-state index contributed by atoms with van der Waals surface area (Å²) in [5, 5.41) is 9.51. The lowest BCUT2D eigenvalue weighted by Crippen LogP contribution is -2.24. The van der Waals surface area contributed by atoms with E-state index in [1.807, 2.05) is 32.9 Å². The molecule has 0 heterocycles. The number of aliphatic hydroxyl groups excluding tert-OH is 1. The molecule has 17 heavy (non-hydrogen) atoms. The molecule has 0 amide bonds. The molecule has 0 aliphatic rings. The van der Waals surface area contributed by atoms with Gasteiger partial charge < -0.3 is 14.6 Å². The van der Waals surface area contributed by atoms with Gasteiger partial charge in [0.15, 0.2) is 11.5 Å². The fourth-order valence-corrected chi connectivity index (χ4v) is 2.55. The number of aliphatic hydroxyl groups is 1. The van der Waals surface area contributed by atoms with E-state index in [4.69, 9.17) is 9.47 Å². The molecule has 1 N–H and O–H groups in total. The number of ether oxygens (including phenoxy) is 2. The largest absolute Gasteiger partial charge is 0.493 e. The van der Waals surface area contributed by atoms with Crippen LogP contribution in [0.3, 0.4) is 0 Å². The molecular weight excluding hydrogens is 284 g/mol. The summed E-state index contributed by atoms with van der Waals surface area (Å²) in [6.45, 7) is 6.46. The zero-order valence-electron chi connectivity index (χ0n) is 10.7. The maximum absolute atomic E-state index is 9.51. The van der Waals surface area contributed by atoms with Crippen LogP contribution < -0.4 is 9.47 Å². The fourth-order valence-electron chi connectivity index (χ4n) is 1.70. The van der Waals surface area contributed by atoms with E-state index in [2.05, 4.69) is 15.9 Å². The van der Waals surface area contributed by atoms with Crippen LogP contribution in [0.2, 0.25) is 0 Å². The molecule has 0 aromatic heterocycles. The summed E-state index contributed by atoms with van der Waals surface area (Å²) in [7, 11) is 1.61. The first kappa shape index (κ1) is 14.3. The maximum atomic E-state index is 9.51. The Labute approximate surface area is 111 Å². The molecule has 0 saturated heterocycles. The van der Waals surface area contributed by atoms with Crippen LogP contribution in [0.15, 0.2) is 16.6 Å². The van der Waals surface area contributed by atoms with E-state index >= 15 is 0 Å². The van der Waals surface area contributed by atoms with E-state index in [0.29, 0.717) is 18.1 Å². The molecule has 0 atom stereocenters. The Morgan fingerprint density at radius 2 is 2.00 bits per heavy atom. The molecule has 0 radical (unpaired) electrons. The van der Waals surface area contributed by atoms with Gasteiger partial charge in [0.2, 0.25) is 0 Å². The van der Waals surface area contributed by atoms with Gasteiger partial charge in [0.05, 0.1) is 20.3 Å². The predicted molar refractivity (Wildman–Crippen MR) is 72.0 cm³/mol. The molecule has 1 aromatic rings. The van der Waals surface area contributed by atoms with Gasteiger partial charge in [0.25, 0.3) is 0 Å². The third-order valence-electron chi connectivity index (χ3n) is 2.65. The number of hydrogen-bond acceptors (Lipinski definition) is 3. The molecule has 0 saturated carbocycles. The lowest BCUT2D eigenvalue weighted by molar-refractivity contribution is 0.210. The van der Waals surface area contributed by atoms with Crippen molar-refractivity contribution >= 4 is 15.9 Å². The fraction of sp³-hybridized carbons (Fsp3) is 0.538. The first-order chi connectivity index (χ1) is 7.97. The zero-order chi connectivity index (χ0) is 13.1. The van der Waals surface area contributed by atoms with Gasteiger partial charge in [-0.15, -0.1) is 0 Å². The Balaban J connectivity index is 3.43. The summed E-state index contributed by atoms with van der Waals surface area (Å²) >= 11 is 3.51. The van der Waals surface area contributed by atoms with Crippen LogP contribution in [0, 0.1) is 0 Å². The van der Waals surface area contributed by atoms with Crippen molar-refractivity contribution in [2.24, 2.45) is 0 Å². The number of rotatable bonds is 5. The van der Waals surface area contributed by atoms with Crippen LogP contribution in [0.25, 0.3) is 0 Å². The third kappa shape index (κ3) is 2.93. The van der Waals surface area contributed by atoms with Gasteiger partial charge in [-0.05, 0) is 19.1 Å². The lowest BCUT2D eigenvalue weighted by Gasteiger charge is -2.27. The van der Waals surface area contributed by atoms with E-state index in [1.54, 1.807) is 7.11 Å². The minimum absolute atomic E-state index is 0.0405. The van der Waals surface area contributed by atoms with Gasteiger partial charge >= 0.3 is 0 Å². The molecule has 0 spiro atoms. The quantitative estimate of drug-likeness (QED) is 0.908. The van der Waals surface area contributed by atoms with Gasteiger partial charge in [-0.3, -0.25) is 0 Å². The highest BCUT2D eigenvalue weighted by Gasteiger charge is 2.28. The Bertz CT molecular complexity index is 388. The van der Waals surface area contributed by atoms with E-state index in [0.717, 1.165) is 10.0 Å². The number of hydrogen-bond donors (Lipinski definition) is 1. The van der Waals surface area contributed by atoms with E-state index in [1.165, 1.54) is 0 Å². The topological polar surface area (TPSA) is 38.7 Å². The summed E-state index contributed by atoms with van der Waals surface area (Å²) in [6.07, 6.45) is 0. The molecule has 4 heteroatoms. The van der Waals surface area contributed by atoms with Crippen molar-refractivity contribution < 1.29 is 14.6 Å². The summed E-state index contributed by atoms with van der Waals surface area (Å²) in [5.74, 6) is 1.38. The van der Waals surface area contributed by atoms with Gasteiger partial charge in [-0.25, -0.2) is 0 Å². The Morgan fingerprint density at radius 3 is 2.47 bits per heavy atom. The van der Waals surface area contributed by atoms with Gasteiger partial charge in [-0.1, -0.05) is 29.8 Å². The Morgan fingerprint density at radius 1 is 1.35 bits per heavy atom. The summed E-state index contributed by atoms with van der Waals surface area (Å²) < 4.78 is 11.9. The van der Waals surface area contributed by atoms with Crippen LogP contribution >= 0.6 is 15.9 Å². The molecular formula is C13H19BrO3. The van der Waals surface area contributed by atoms with Crippen molar-refractivity contribution in [1.29, 1.82) is 0 Å². The van der Waals surface area contributed by atoms with E-state index in [9.17, 15) is 5.11 Å². The second kappa shape index (κ2) is 5.74. The van der Waals surface area contributed by atoms with E-state index < -0.39 is 5.41 Å². The zero-order valence-corrected chi connectivity index (χ0v) is 12.3. The van der Waals surface area contributed by atoms with Crippen molar-refractivity contribution in [3.63, 3.8) is 0 Å². The van der Waals surface area contributed by atoms with Crippen LogP contribution in [0.4, 0.5) is 0 Å². The summed E-state index contributed by atoms with van der Waals surface area (Å²) in [6, 6.07) is 3.76. The van der Waals surface area contributed by atoms with Crippen LogP contribution in [0.5, 0.6) is 11.5 Å². The highest BCUT2D eigenvalue weighted by Crippen LogP contribution is 2.43. The minimum Gasteiger partial charge on any atom is -0.493 e. The van der Waals surface area contributed by atoms with Gasteiger partial charge in [0.1, 0.15) is 0 Å². The van der Waals surface area contributed by atoms with Crippen molar-refractivity contribution in [3.05, 3.63) is 22.2 Å². The molecule has 0 fully saturated rings. The Kier molecular flexibility index (Phi) is 4.83. The molecule has 0 aliphatic heterocycles. The molecule has 0 bridgehead atoms. The predicted octanol–water partition coefficient (Wildman–Crippen LogP) is 3.13. The monoisotopic (exact) mass is 302 g/mol. The van der Waals surface area contributed by atoms with Gasteiger partial charge in [-0.2, -0.15) is 0 Å². The maximum Gasteiger partial charge on any atom is 0.166 e. The van der Waals surface area contributed by atoms with Crippen molar-refractivity contribution in [2.75, 3.05) is 20.3 Å². The van der Waals surface area contributed by atoms with Crippen LogP contribution in [-0.4, -0.2) is 25.4 Å². The van der Waals surface area contributed by atoms with Crippen molar-refractivity contribution in [3.8, 4) is 11.5 Å². The summed E-state index contributed by atoms with van der Waals surface area (Å²) in [4.78, 5) is 0. The molecule has 96 valence electrons. The van der Waals surface area contributed by atoms with Crippen molar-refractivity contribution in [2.45, 2.75) is 26.2 Å².